The molecule has 41 heavy (non-hydrogen) atoms. The standard InChI is InChI=1S/C27H32N6O8/c1-4-28-26(38)19-12-32-23(16(19)3)24(29-13-30-32)33(27(39)41-14-40-22(36)10-9-21(34)35)20-11-17(6-5-15(20)2)25(37)31-18-7-8-18/h5-6,11,13,18-19H,4,7-10,12,14H2,1-3H3,(H,28,38)(H,31,37)(H,34,35). The van der Waals surface area contributed by atoms with E-state index in [-0.39, 0.29) is 42.3 Å². The lowest BCUT2D eigenvalue weighted by Gasteiger charge is -2.30. The molecule has 0 bridgehead atoms. The maximum Gasteiger partial charge on any atom is 0.423 e. The molecule has 0 spiro atoms. The van der Waals surface area contributed by atoms with Crippen molar-refractivity contribution < 1.29 is 38.6 Å². The largest absolute Gasteiger partial charge is 0.481 e. The number of hydrogen-bond acceptors (Lipinski definition) is 10. The number of benzene rings is 1. The van der Waals surface area contributed by atoms with Gasteiger partial charge in [0.2, 0.25) is 12.7 Å². The number of anilines is 1. The number of carboxylic acid groups (broad SMARTS) is 1. The first-order valence-electron chi connectivity index (χ1n) is 13.2. The summed E-state index contributed by atoms with van der Waals surface area (Å²) in [5, 5.41) is 20.3. The fraction of sp³-hybridized carbons (Fsp3) is 0.444. The van der Waals surface area contributed by atoms with Crippen LogP contribution in [-0.2, 0) is 23.9 Å². The lowest BCUT2D eigenvalue weighted by Crippen LogP contribution is -2.43. The van der Waals surface area contributed by atoms with Crippen molar-refractivity contribution in [2.45, 2.75) is 52.5 Å². The summed E-state index contributed by atoms with van der Waals surface area (Å²) >= 11 is 0. The molecule has 3 N–H and O–H groups in total. The maximum atomic E-state index is 13.6. The van der Waals surface area contributed by atoms with Crippen molar-refractivity contribution in [2.75, 3.05) is 24.8 Å². The van der Waals surface area contributed by atoms with E-state index in [0.717, 1.165) is 17.7 Å². The van der Waals surface area contributed by atoms with Gasteiger partial charge in [-0.05, 0) is 56.9 Å². The van der Waals surface area contributed by atoms with E-state index in [1.807, 2.05) is 6.92 Å². The van der Waals surface area contributed by atoms with Gasteiger partial charge in [0.05, 0.1) is 31.0 Å². The predicted octanol–water partition coefficient (Wildman–Crippen LogP) is 1.89. The fourth-order valence-corrected chi connectivity index (χ4v) is 4.39. The molecule has 2 heterocycles. The number of fused-ring (bicyclic) bond motifs is 1. The Morgan fingerprint density at radius 3 is 2.56 bits per heavy atom. The zero-order valence-corrected chi connectivity index (χ0v) is 23.0. The molecule has 4 rings (SSSR count). The fourth-order valence-electron chi connectivity index (χ4n) is 4.39. The molecule has 0 aromatic heterocycles. The highest BCUT2D eigenvalue weighted by molar-refractivity contribution is 6.24. The molecule has 218 valence electrons. The molecule has 1 aliphatic carbocycles. The van der Waals surface area contributed by atoms with Gasteiger partial charge in [-0.15, -0.1) is 0 Å². The van der Waals surface area contributed by atoms with E-state index in [1.54, 1.807) is 31.0 Å². The lowest BCUT2D eigenvalue weighted by atomic mass is 10.0. The Hall–Kier alpha value is -4.75. The number of amides is 3. The Labute approximate surface area is 236 Å². The number of hydrazone groups is 1. The number of aliphatic imine (C=N–C) groups is 1. The third-order valence-electron chi connectivity index (χ3n) is 6.72. The summed E-state index contributed by atoms with van der Waals surface area (Å²) in [5.41, 5.74) is 2.26. The molecule has 1 fully saturated rings. The number of carboxylic acids is 1. The van der Waals surface area contributed by atoms with Crippen molar-refractivity contribution in [2.24, 2.45) is 16.0 Å². The molecule has 14 nitrogen and oxygen atoms in total. The van der Waals surface area contributed by atoms with Crippen LogP contribution < -0.4 is 15.5 Å². The quantitative estimate of drug-likeness (QED) is 0.281. The van der Waals surface area contributed by atoms with Crippen molar-refractivity contribution in [3.63, 3.8) is 0 Å². The number of carbonyl (C=O) groups excluding carboxylic acids is 4. The summed E-state index contributed by atoms with van der Waals surface area (Å²) in [6, 6.07) is 4.99. The van der Waals surface area contributed by atoms with Gasteiger partial charge in [0.15, 0.2) is 5.84 Å². The Balaban J connectivity index is 1.67. The molecule has 1 unspecified atom stereocenters. The monoisotopic (exact) mass is 568 g/mol. The minimum atomic E-state index is -1.17. The topological polar surface area (TPSA) is 179 Å². The van der Waals surface area contributed by atoms with Crippen LogP contribution in [0.25, 0.3) is 0 Å². The molecule has 3 aliphatic rings. The summed E-state index contributed by atoms with van der Waals surface area (Å²) in [7, 11) is 0. The van der Waals surface area contributed by atoms with E-state index in [1.165, 1.54) is 12.4 Å². The molecular weight excluding hydrogens is 536 g/mol. The zero-order valence-electron chi connectivity index (χ0n) is 23.0. The van der Waals surface area contributed by atoms with Crippen molar-refractivity contribution in [3.05, 3.63) is 40.6 Å². The van der Waals surface area contributed by atoms with Gasteiger partial charge in [-0.2, -0.15) is 5.10 Å². The smallest absolute Gasteiger partial charge is 0.423 e. The number of rotatable bonds is 10. The highest BCUT2D eigenvalue weighted by atomic mass is 16.7. The van der Waals surface area contributed by atoms with Crippen molar-refractivity contribution in [1.82, 2.24) is 15.6 Å². The third-order valence-corrected chi connectivity index (χ3v) is 6.72. The van der Waals surface area contributed by atoms with Crippen LogP contribution in [0.15, 0.2) is 39.6 Å². The number of aryl methyl sites for hydroxylation is 1. The SMILES string of the molecule is CCNC(=O)C1CN2N=CN=C(N(C(=O)OCOC(=O)CCC(=O)O)c3cc(C(=O)NC4CC4)ccc3C)C2=C1C. The number of ether oxygens (including phenoxy) is 2. The summed E-state index contributed by atoms with van der Waals surface area (Å²) in [5.74, 6) is -2.95. The molecule has 1 saturated carbocycles. The highest BCUT2D eigenvalue weighted by Crippen LogP contribution is 2.35. The van der Waals surface area contributed by atoms with E-state index in [9.17, 15) is 24.0 Å². The summed E-state index contributed by atoms with van der Waals surface area (Å²) < 4.78 is 10.2. The van der Waals surface area contributed by atoms with Crippen LogP contribution in [0.4, 0.5) is 10.5 Å². The van der Waals surface area contributed by atoms with E-state index in [4.69, 9.17) is 14.6 Å². The summed E-state index contributed by atoms with van der Waals surface area (Å²) in [6.45, 7) is 5.21. The number of hydrogen-bond donors (Lipinski definition) is 3. The molecule has 0 saturated heterocycles. The van der Waals surface area contributed by atoms with Gasteiger partial charge in [0.25, 0.3) is 5.91 Å². The number of nitrogens with one attached hydrogen (secondary N) is 2. The number of nitrogens with zero attached hydrogens (tertiary/aromatic N) is 4. The van der Waals surface area contributed by atoms with Gasteiger partial charge in [0.1, 0.15) is 12.0 Å². The summed E-state index contributed by atoms with van der Waals surface area (Å²) in [4.78, 5) is 67.3. The first-order chi connectivity index (χ1) is 19.6. The van der Waals surface area contributed by atoms with Gasteiger partial charge in [0, 0.05) is 18.2 Å². The van der Waals surface area contributed by atoms with Gasteiger partial charge in [-0.3, -0.25) is 24.2 Å². The second-order valence-electron chi connectivity index (χ2n) is 9.77. The van der Waals surface area contributed by atoms with E-state index >= 15 is 0 Å². The number of aliphatic carboxylic acids is 1. The molecule has 2 aliphatic heterocycles. The Bertz CT molecular complexity index is 1350. The molecule has 3 amide bonds. The average Bonchev–Trinajstić information content (AvgIpc) is 3.68. The average molecular weight is 569 g/mol. The van der Waals surface area contributed by atoms with E-state index < -0.39 is 37.2 Å². The molecule has 14 heteroatoms. The maximum absolute atomic E-state index is 13.6. The minimum Gasteiger partial charge on any atom is -0.481 e. The van der Waals surface area contributed by atoms with Crippen molar-refractivity contribution in [3.8, 4) is 0 Å². The van der Waals surface area contributed by atoms with Crippen LogP contribution >= 0.6 is 0 Å². The third kappa shape index (κ3) is 6.88. The molecule has 0 radical (unpaired) electrons. The second kappa shape index (κ2) is 12.6. The Morgan fingerprint density at radius 1 is 1.12 bits per heavy atom. The van der Waals surface area contributed by atoms with Gasteiger partial charge in [-0.25, -0.2) is 14.7 Å². The van der Waals surface area contributed by atoms with Gasteiger partial charge in [-0.1, -0.05) is 6.07 Å². The van der Waals surface area contributed by atoms with Gasteiger partial charge < -0.3 is 25.2 Å². The Morgan fingerprint density at radius 2 is 1.88 bits per heavy atom. The first-order valence-corrected chi connectivity index (χ1v) is 13.2. The van der Waals surface area contributed by atoms with Crippen LogP contribution in [0.2, 0.25) is 0 Å². The Kier molecular flexibility index (Phi) is 9.00. The van der Waals surface area contributed by atoms with Crippen LogP contribution in [0.3, 0.4) is 0 Å². The van der Waals surface area contributed by atoms with Crippen LogP contribution in [0.5, 0.6) is 0 Å². The van der Waals surface area contributed by atoms with E-state index in [2.05, 4.69) is 20.7 Å². The number of esters is 1. The normalized spacial score (nSPS) is 17.4. The predicted molar refractivity (Wildman–Crippen MR) is 146 cm³/mol. The van der Waals surface area contributed by atoms with Gasteiger partial charge >= 0.3 is 18.0 Å². The first kappa shape index (κ1) is 29.2. The van der Waals surface area contributed by atoms with Crippen LogP contribution in [0, 0.1) is 12.8 Å². The molecule has 1 atom stereocenters. The number of carbonyl (C=O) groups is 5. The van der Waals surface area contributed by atoms with Crippen LogP contribution in [0.1, 0.15) is 55.5 Å². The molecule has 1 aromatic rings. The van der Waals surface area contributed by atoms with Crippen molar-refractivity contribution in [1.29, 1.82) is 0 Å². The van der Waals surface area contributed by atoms with Crippen LogP contribution in [-0.4, -0.2) is 78.1 Å². The van der Waals surface area contributed by atoms with E-state index in [0.29, 0.717) is 28.9 Å². The highest BCUT2D eigenvalue weighted by Gasteiger charge is 2.41. The molecular formula is C27H32N6O8. The minimum absolute atomic E-state index is 0.106. The zero-order chi connectivity index (χ0) is 29.7. The molecule has 1 aromatic carbocycles. The lowest BCUT2D eigenvalue weighted by molar-refractivity contribution is -0.154. The summed E-state index contributed by atoms with van der Waals surface area (Å²) in [6.07, 6.45) is 1.26. The van der Waals surface area contributed by atoms with Crippen molar-refractivity contribution >= 4 is 47.7 Å². The second-order valence-corrected chi connectivity index (χ2v) is 9.77. The number of amidine groups is 1.